The first-order valence-electron chi connectivity index (χ1n) is 9.66. The molecule has 1 saturated heterocycles. The number of nitrogens with one attached hydrogen (secondary N) is 1. The van der Waals surface area contributed by atoms with Gasteiger partial charge in [-0.15, -0.1) is 11.3 Å². The molecular weight excluding hydrogens is 358 g/mol. The Kier molecular flexibility index (Phi) is 7.38. The van der Waals surface area contributed by atoms with E-state index in [2.05, 4.69) is 41.2 Å². The van der Waals surface area contributed by atoms with Crippen molar-refractivity contribution in [3.05, 3.63) is 52.0 Å². The van der Waals surface area contributed by atoms with Crippen molar-refractivity contribution >= 4 is 17.2 Å². The zero-order chi connectivity index (χ0) is 19.1. The summed E-state index contributed by atoms with van der Waals surface area (Å²) >= 11 is 1.62. The molecule has 1 fully saturated rings. The fourth-order valence-electron chi connectivity index (χ4n) is 3.32. The van der Waals surface area contributed by atoms with Crippen LogP contribution in [0.3, 0.4) is 0 Å². The molecule has 2 aromatic rings. The van der Waals surface area contributed by atoms with Crippen molar-refractivity contribution in [3.63, 3.8) is 0 Å². The minimum atomic E-state index is 0.0103. The van der Waals surface area contributed by atoms with Crippen LogP contribution in [0.2, 0.25) is 0 Å². The number of ether oxygens (including phenoxy) is 1. The van der Waals surface area contributed by atoms with Gasteiger partial charge in [-0.05, 0) is 11.5 Å². The number of amides is 1. The van der Waals surface area contributed by atoms with E-state index in [4.69, 9.17) is 4.74 Å². The summed E-state index contributed by atoms with van der Waals surface area (Å²) in [7, 11) is 0. The topological polar surface area (TPSA) is 54.5 Å². The fraction of sp³-hybridized carbons (Fsp3) is 0.524. The fourth-order valence-corrected chi connectivity index (χ4v) is 4.15. The maximum atomic E-state index is 12.3. The summed E-state index contributed by atoms with van der Waals surface area (Å²) < 4.78 is 5.79. The van der Waals surface area contributed by atoms with Crippen LogP contribution in [0.15, 0.2) is 35.7 Å². The summed E-state index contributed by atoms with van der Waals surface area (Å²) in [6, 6.07) is 10.3. The van der Waals surface area contributed by atoms with Crippen molar-refractivity contribution in [2.75, 3.05) is 32.8 Å². The molecule has 0 spiro atoms. The summed E-state index contributed by atoms with van der Waals surface area (Å²) in [6.45, 7) is 8.70. The average molecular weight is 388 g/mol. The number of aromatic nitrogens is 1. The third kappa shape index (κ3) is 6.72. The molecule has 6 heteroatoms. The predicted octanol–water partition coefficient (Wildman–Crippen LogP) is 2.75. The van der Waals surface area contributed by atoms with E-state index < -0.39 is 0 Å². The largest absolute Gasteiger partial charge is 0.374 e. The maximum Gasteiger partial charge on any atom is 0.226 e. The number of morpholine rings is 1. The lowest BCUT2D eigenvalue weighted by molar-refractivity contribution is -0.121. The van der Waals surface area contributed by atoms with Gasteiger partial charge in [0.25, 0.3) is 0 Å². The second-order valence-electron chi connectivity index (χ2n) is 7.52. The number of hydrogen-bond donors (Lipinski definition) is 1. The van der Waals surface area contributed by atoms with Crippen molar-refractivity contribution in [3.8, 4) is 0 Å². The minimum Gasteiger partial charge on any atom is -0.374 e. The van der Waals surface area contributed by atoms with Gasteiger partial charge in [0.05, 0.1) is 29.8 Å². The number of rotatable bonds is 8. The van der Waals surface area contributed by atoms with Gasteiger partial charge >= 0.3 is 0 Å². The molecule has 1 atom stereocenters. The van der Waals surface area contributed by atoms with Crippen LogP contribution >= 0.6 is 11.3 Å². The van der Waals surface area contributed by atoms with Gasteiger partial charge in [-0.1, -0.05) is 44.2 Å². The molecule has 5 nitrogen and oxygen atoms in total. The van der Waals surface area contributed by atoms with E-state index in [1.54, 1.807) is 11.3 Å². The lowest BCUT2D eigenvalue weighted by Gasteiger charge is -2.33. The van der Waals surface area contributed by atoms with Crippen molar-refractivity contribution in [2.45, 2.75) is 32.8 Å². The standard InChI is InChI=1S/C21H29N3O2S/c1-16(2)13-24-8-9-26-19(14-24)12-22-20(25)11-18-15-27-21(23-18)10-17-6-4-3-5-7-17/h3-7,15-16,19H,8-14H2,1-2H3,(H,22,25)/t19-/m1/s1. The summed E-state index contributed by atoms with van der Waals surface area (Å²) in [5.41, 5.74) is 2.08. The van der Waals surface area contributed by atoms with Crippen LogP contribution in [0, 0.1) is 5.92 Å². The van der Waals surface area contributed by atoms with Crippen LogP contribution in [-0.4, -0.2) is 54.7 Å². The van der Waals surface area contributed by atoms with E-state index in [1.165, 1.54) is 5.56 Å². The SMILES string of the molecule is CC(C)CN1CCO[C@H](CNC(=O)Cc2csc(Cc3ccccc3)n2)C1. The van der Waals surface area contributed by atoms with Gasteiger partial charge in [0, 0.05) is 38.0 Å². The Morgan fingerprint density at radius 1 is 1.37 bits per heavy atom. The smallest absolute Gasteiger partial charge is 0.226 e. The molecule has 1 N–H and O–H groups in total. The number of carbonyl (C=O) groups excluding carboxylic acids is 1. The van der Waals surface area contributed by atoms with E-state index in [9.17, 15) is 4.79 Å². The Morgan fingerprint density at radius 2 is 2.19 bits per heavy atom. The van der Waals surface area contributed by atoms with Gasteiger partial charge < -0.3 is 10.1 Å². The number of nitrogens with zero attached hydrogens (tertiary/aromatic N) is 2. The zero-order valence-electron chi connectivity index (χ0n) is 16.2. The molecule has 1 aromatic carbocycles. The molecule has 1 aliphatic heterocycles. The Labute approximate surface area is 165 Å². The monoisotopic (exact) mass is 387 g/mol. The molecule has 146 valence electrons. The molecule has 2 heterocycles. The van der Waals surface area contributed by atoms with Crippen LogP contribution in [0.4, 0.5) is 0 Å². The van der Waals surface area contributed by atoms with Crippen molar-refractivity contribution < 1.29 is 9.53 Å². The van der Waals surface area contributed by atoms with Gasteiger partial charge in [-0.25, -0.2) is 4.98 Å². The average Bonchev–Trinajstić information content (AvgIpc) is 3.07. The third-order valence-electron chi connectivity index (χ3n) is 4.51. The normalized spacial score (nSPS) is 18.0. The Bertz CT molecular complexity index is 717. The molecular formula is C21H29N3O2S. The maximum absolute atomic E-state index is 12.3. The summed E-state index contributed by atoms with van der Waals surface area (Å²) in [5, 5.41) is 6.04. The van der Waals surface area contributed by atoms with Gasteiger partial charge in [0.15, 0.2) is 0 Å². The minimum absolute atomic E-state index is 0.0103. The van der Waals surface area contributed by atoms with Crippen molar-refractivity contribution in [2.24, 2.45) is 5.92 Å². The van der Waals surface area contributed by atoms with Gasteiger partial charge in [-0.2, -0.15) is 0 Å². The molecule has 0 aliphatic carbocycles. The van der Waals surface area contributed by atoms with Crippen molar-refractivity contribution in [1.29, 1.82) is 0 Å². The Morgan fingerprint density at radius 3 is 2.96 bits per heavy atom. The van der Waals surface area contributed by atoms with E-state index in [-0.39, 0.29) is 12.0 Å². The molecule has 3 rings (SSSR count). The second kappa shape index (κ2) is 9.97. The Hall–Kier alpha value is -1.76. The lowest BCUT2D eigenvalue weighted by atomic mass is 10.1. The number of thiazole rings is 1. The van der Waals surface area contributed by atoms with Crippen molar-refractivity contribution in [1.82, 2.24) is 15.2 Å². The van der Waals surface area contributed by atoms with Crippen LogP contribution in [0.5, 0.6) is 0 Å². The predicted molar refractivity (Wildman–Crippen MR) is 109 cm³/mol. The van der Waals surface area contributed by atoms with Crippen LogP contribution < -0.4 is 5.32 Å². The highest BCUT2D eigenvalue weighted by molar-refractivity contribution is 7.09. The summed E-state index contributed by atoms with van der Waals surface area (Å²) in [4.78, 5) is 19.3. The molecule has 0 bridgehead atoms. The third-order valence-corrected chi connectivity index (χ3v) is 5.41. The van der Waals surface area contributed by atoms with Gasteiger partial charge in [0.1, 0.15) is 0 Å². The molecule has 1 amide bonds. The first-order valence-corrected chi connectivity index (χ1v) is 10.5. The number of hydrogen-bond acceptors (Lipinski definition) is 5. The quantitative estimate of drug-likeness (QED) is 0.757. The van der Waals surface area contributed by atoms with Crippen LogP contribution in [0.1, 0.15) is 30.1 Å². The molecule has 0 saturated carbocycles. The first-order chi connectivity index (χ1) is 13.1. The van der Waals surface area contributed by atoms with Crippen LogP contribution in [-0.2, 0) is 22.4 Å². The number of carbonyl (C=O) groups is 1. The molecule has 0 unspecified atom stereocenters. The molecule has 0 radical (unpaired) electrons. The van der Waals surface area contributed by atoms with E-state index in [1.807, 2.05) is 23.6 Å². The second-order valence-corrected chi connectivity index (χ2v) is 8.46. The lowest BCUT2D eigenvalue weighted by Crippen LogP contribution is -2.48. The summed E-state index contributed by atoms with van der Waals surface area (Å²) in [6.07, 6.45) is 1.22. The highest BCUT2D eigenvalue weighted by atomic mass is 32.1. The highest BCUT2D eigenvalue weighted by Gasteiger charge is 2.21. The molecule has 1 aliphatic rings. The van der Waals surface area contributed by atoms with Crippen LogP contribution in [0.25, 0.3) is 0 Å². The number of benzene rings is 1. The van der Waals surface area contributed by atoms with E-state index in [0.29, 0.717) is 18.9 Å². The first kappa shape index (κ1) is 20.0. The van der Waals surface area contributed by atoms with E-state index >= 15 is 0 Å². The van der Waals surface area contributed by atoms with E-state index in [0.717, 1.165) is 43.4 Å². The summed E-state index contributed by atoms with van der Waals surface area (Å²) in [5.74, 6) is 0.657. The molecule has 27 heavy (non-hydrogen) atoms. The van der Waals surface area contributed by atoms with Gasteiger partial charge in [-0.3, -0.25) is 9.69 Å². The zero-order valence-corrected chi connectivity index (χ0v) is 17.0. The molecule has 1 aromatic heterocycles. The highest BCUT2D eigenvalue weighted by Crippen LogP contribution is 2.15. The van der Waals surface area contributed by atoms with Gasteiger partial charge in [0.2, 0.25) is 5.91 Å². The Balaban J connectivity index is 1.42.